The van der Waals surface area contributed by atoms with Crippen LogP contribution in [0, 0.1) is 32.1 Å². The van der Waals surface area contributed by atoms with E-state index in [1.165, 1.54) is 11.6 Å². The molecule has 0 radical (unpaired) electrons. The first kappa shape index (κ1) is 18.2. The van der Waals surface area contributed by atoms with Gasteiger partial charge >= 0.3 is 0 Å². The van der Waals surface area contributed by atoms with Crippen molar-refractivity contribution in [3.8, 4) is 17.4 Å². The van der Waals surface area contributed by atoms with Crippen LogP contribution in [0.5, 0.6) is 0 Å². The zero-order valence-electron chi connectivity index (χ0n) is 15.5. The smallest absolute Gasteiger partial charge is 0.266 e. The number of nitrogens with one attached hydrogen (secondary N) is 1. The highest BCUT2D eigenvalue weighted by Gasteiger charge is 2.12. The molecule has 0 bridgehead atoms. The van der Waals surface area contributed by atoms with E-state index in [0.717, 1.165) is 16.7 Å². The van der Waals surface area contributed by atoms with Crippen molar-refractivity contribution in [2.24, 2.45) is 0 Å². The zero-order chi connectivity index (χ0) is 19.4. The van der Waals surface area contributed by atoms with E-state index in [1.807, 2.05) is 75.4 Å². The average Bonchev–Trinajstić information content (AvgIpc) is 3.11. The first-order valence-electron chi connectivity index (χ1n) is 8.63. The molecule has 0 spiro atoms. The SMILES string of the molecule is Cc1ccc(-c2ccc(C=C(C#N)C(=O)Nc3ccc(C)cc3C)o2)cc1. The zero-order valence-corrected chi connectivity index (χ0v) is 15.5. The summed E-state index contributed by atoms with van der Waals surface area (Å²) in [7, 11) is 0. The molecule has 0 saturated carbocycles. The number of carbonyl (C=O) groups excluding carboxylic acids is 1. The summed E-state index contributed by atoms with van der Waals surface area (Å²) in [5.74, 6) is 0.684. The van der Waals surface area contributed by atoms with Gasteiger partial charge in [-0.2, -0.15) is 5.26 Å². The number of carbonyl (C=O) groups is 1. The molecule has 0 fully saturated rings. The number of nitriles is 1. The monoisotopic (exact) mass is 356 g/mol. The van der Waals surface area contributed by atoms with E-state index in [2.05, 4.69) is 5.32 Å². The van der Waals surface area contributed by atoms with Crippen LogP contribution in [-0.2, 0) is 4.79 Å². The summed E-state index contributed by atoms with van der Waals surface area (Å²) in [4.78, 5) is 12.5. The fourth-order valence-electron chi connectivity index (χ4n) is 2.74. The summed E-state index contributed by atoms with van der Waals surface area (Å²) in [5.41, 5.74) is 4.84. The number of aryl methyl sites for hydroxylation is 3. The molecule has 0 atom stereocenters. The molecule has 2 aromatic carbocycles. The highest BCUT2D eigenvalue weighted by molar-refractivity contribution is 6.09. The van der Waals surface area contributed by atoms with E-state index in [9.17, 15) is 10.1 Å². The van der Waals surface area contributed by atoms with Gasteiger partial charge in [-0.1, -0.05) is 47.5 Å². The lowest BCUT2D eigenvalue weighted by Gasteiger charge is -2.08. The Labute approximate surface area is 158 Å². The van der Waals surface area contributed by atoms with Gasteiger partial charge in [-0.25, -0.2) is 0 Å². The summed E-state index contributed by atoms with van der Waals surface area (Å²) in [6, 6.07) is 19.2. The van der Waals surface area contributed by atoms with Crippen LogP contribution < -0.4 is 5.32 Å². The standard InChI is InChI=1S/C23H20N2O2/c1-15-4-7-18(8-5-15)22-11-9-20(27-22)13-19(14-24)23(26)25-21-10-6-16(2)12-17(21)3/h4-13H,1-3H3,(H,25,26). The Hall–Kier alpha value is -3.58. The molecule has 1 heterocycles. The maximum atomic E-state index is 12.5. The minimum atomic E-state index is -0.460. The fourth-order valence-corrected chi connectivity index (χ4v) is 2.74. The first-order valence-corrected chi connectivity index (χ1v) is 8.63. The molecule has 1 N–H and O–H groups in total. The maximum absolute atomic E-state index is 12.5. The molecule has 3 rings (SSSR count). The van der Waals surface area contributed by atoms with Crippen molar-refractivity contribution >= 4 is 17.7 Å². The van der Waals surface area contributed by atoms with Gasteiger partial charge < -0.3 is 9.73 Å². The van der Waals surface area contributed by atoms with Crippen molar-refractivity contribution in [3.63, 3.8) is 0 Å². The summed E-state index contributed by atoms with van der Waals surface area (Å²) < 4.78 is 5.77. The normalized spacial score (nSPS) is 11.1. The van der Waals surface area contributed by atoms with Crippen molar-refractivity contribution in [3.05, 3.63) is 82.6 Å². The minimum Gasteiger partial charge on any atom is -0.457 e. The van der Waals surface area contributed by atoms with Gasteiger partial charge in [0.2, 0.25) is 0 Å². The van der Waals surface area contributed by atoms with E-state index in [-0.39, 0.29) is 5.57 Å². The van der Waals surface area contributed by atoms with Crippen LogP contribution >= 0.6 is 0 Å². The highest BCUT2D eigenvalue weighted by Crippen LogP contribution is 2.24. The average molecular weight is 356 g/mol. The summed E-state index contributed by atoms with van der Waals surface area (Å²) in [6.07, 6.45) is 1.45. The molecule has 4 heteroatoms. The molecule has 0 aliphatic heterocycles. The lowest BCUT2D eigenvalue weighted by Crippen LogP contribution is -2.14. The lowest BCUT2D eigenvalue weighted by atomic mass is 10.1. The number of hydrogen-bond acceptors (Lipinski definition) is 3. The summed E-state index contributed by atoms with van der Waals surface area (Å²) in [5, 5.41) is 12.2. The Morgan fingerprint density at radius 2 is 1.70 bits per heavy atom. The van der Waals surface area contributed by atoms with Gasteiger partial charge in [-0.15, -0.1) is 0 Å². The number of hydrogen-bond donors (Lipinski definition) is 1. The number of anilines is 1. The van der Waals surface area contributed by atoms with Crippen LogP contribution in [0.1, 0.15) is 22.5 Å². The number of nitrogens with zero attached hydrogens (tertiary/aromatic N) is 1. The number of benzene rings is 2. The molecule has 0 aliphatic carbocycles. The number of furan rings is 1. The molecule has 0 saturated heterocycles. The second-order valence-electron chi connectivity index (χ2n) is 6.51. The van der Waals surface area contributed by atoms with Crippen LogP contribution in [0.4, 0.5) is 5.69 Å². The third-order valence-electron chi connectivity index (χ3n) is 4.24. The predicted octanol–water partition coefficient (Wildman–Crippen LogP) is 5.42. The third-order valence-corrected chi connectivity index (χ3v) is 4.24. The molecule has 0 aliphatic rings. The van der Waals surface area contributed by atoms with Crippen LogP contribution in [0.15, 0.2) is 64.6 Å². The number of amides is 1. The Balaban J connectivity index is 1.81. The van der Waals surface area contributed by atoms with Crippen molar-refractivity contribution in [2.75, 3.05) is 5.32 Å². The number of rotatable bonds is 4. The van der Waals surface area contributed by atoms with Crippen molar-refractivity contribution in [1.29, 1.82) is 5.26 Å². The molecule has 27 heavy (non-hydrogen) atoms. The van der Waals surface area contributed by atoms with Gasteiger partial charge in [-0.3, -0.25) is 4.79 Å². The fraction of sp³-hybridized carbons (Fsp3) is 0.130. The molecular weight excluding hydrogens is 336 g/mol. The van der Waals surface area contributed by atoms with Gasteiger partial charge in [0.15, 0.2) is 0 Å². The van der Waals surface area contributed by atoms with Crippen LogP contribution in [-0.4, -0.2) is 5.91 Å². The Bertz CT molecular complexity index is 1050. The first-order chi connectivity index (χ1) is 13.0. The molecular formula is C23H20N2O2. The van der Waals surface area contributed by atoms with E-state index in [4.69, 9.17) is 4.42 Å². The third kappa shape index (κ3) is 4.34. The van der Waals surface area contributed by atoms with Gasteiger partial charge in [0.05, 0.1) is 0 Å². The van der Waals surface area contributed by atoms with Crippen LogP contribution in [0.2, 0.25) is 0 Å². The van der Waals surface area contributed by atoms with Crippen molar-refractivity contribution in [1.82, 2.24) is 0 Å². The molecule has 0 unspecified atom stereocenters. The van der Waals surface area contributed by atoms with Gasteiger partial charge in [0.25, 0.3) is 5.91 Å². The molecule has 3 aromatic rings. The van der Waals surface area contributed by atoms with E-state index in [0.29, 0.717) is 17.2 Å². The Morgan fingerprint density at radius 1 is 1.00 bits per heavy atom. The largest absolute Gasteiger partial charge is 0.457 e. The molecule has 134 valence electrons. The maximum Gasteiger partial charge on any atom is 0.266 e. The summed E-state index contributed by atoms with van der Waals surface area (Å²) in [6.45, 7) is 5.92. The van der Waals surface area contributed by atoms with Gasteiger partial charge in [0.1, 0.15) is 23.2 Å². The lowest BCUT2D eigenvalue weighted by molar-refractivity contribution is -0.112. The molecule has 1 aromatic heterocycles. The van der Waals surface area contributed by atoms with Crippen molar-refractivity contribution in [2.45, 2.75) is 20.8 Å². The minimum absolute atomic E-state index is 0.0141. The van der Waals surface area contributed by atoms with E-state index in [1.54, 1.807) is 6.07 Å². The van der Waals surface area contributed by atoms with Gasteiger partial charge in [0, 0.05) is 17.3 Å². The Kier molecular flexibility index (Phi) is 5.23. The van der Waals surface area contributed by atoms with E-state index >= 15 is 0 Å². The van der Waals surface area contributed by atoms with Crippen LogP contribution in [0.3, 0.4) is 0 Å². The van der Waals surface area contributed by atoms with E-state index < -0.39 is 5.91 Å². The second-order valence-corrected chi connectivity index (χ2v) is 6.51. The van der Waals surface area contributed by atoms with Gasteiger partial charge in [-0.05, 0) is 44.5 Å². The molecule has 4 nitrogen and oxygen atoms in total. The van der Waals surface area contributed by atoms with Crippen LogP contribution in [0.25, 0.3) is 17.4 Å². The Morgan fingerprint density at radius 3 is 2.37 bits per heavy atom. The van der Waals surface area contributed by atoms with Crippen molar-refractivity contribution < 1.29 is 9.21 Å². The highest BCUT2D eigenvalue weighted by atomic mass is 16.3. The molecule has 1 amide bonds. The second kappa shape index (κ2) is 7.76. The topological polar surface area (TPSA) is 66.0 Å². The summed E-state index contributed by atoms with van der Waals surface area (Å²) >= 11 is 0. The quantitative estimate of drug-likeness (QED) is 0.501. The predicted molar refractivity (Wildman–Crippen MR) is 107 cm³/mol.